The number of aliphatic hydroxyl groups excluding tert-OH is 1. The van der Waals surface area contributed by atoms with E-state index < -0.39 is 17.7 Å². The molecule has 1 N–H and O–H groups in total. The second-order valence-electron chi connectivity index (χ2n) is 9.73. The highest BCUT2D eigenvalue weighted by molar-refractivity contribution is 6.51. The van der Waals surface area contributed by atoms with Gasteiger partial charge in [0.1, 0.15) is 11.5 Å². The van der Waals surface area contributed by atoms with Crippen molar-refractivity contribution in [3.63, 3.8) is 0 Å². The molecule has 1 unspecified atom stereocenters. The maximum atomic E-state index is 13.5. The number of hydrogen-bond donors (Lipinski definition) is 1. The van der Waals surface area contributed by atoms with Crippen molar-refractivity contribution in [2.75, 3.05) is 50.1 Å². The number of likely N-dealkylation sites (N-methyl/N-ethyl adjacent to an activating group) is 1. The molecular weight excluding hydrogens is 502 g/mol. The molecule has 0 aromatic heterocycles. The van der Waals surface area contributed by atoms with Gasteiger partial charge in [-0.2, -0.15) is 0 Å². The van der Waals surface area contributed by atoms with E-state index in [4.69, 9.17) is 16.3 Å². The maximum absolute atomic E-state index is 13.5. The molecule has 2 aliphatic heterocycles. The van der Waals surface area contributed by atoms with E-state index in [-0.39, 0.29) is 16.9 Å². The molecule has 7 nitrogen and oxygen atoms in total. The molecule has 2 saturated heterocycles. The van der Waals surface area contributed by atoms with Crippen molar-refractivity contribution >= 4 is 40.4 Å². The number of rotatable bonds is 5. The zero-order valence-corrected chi connectivity index (χ0v) is 22.4. The third-order valence-electron chi connectivity index (χ3n) is 7.22. The maximum Gasteiger partial charge on any atom is 0.300 e. The smallest absolute Gasteiger partial charge is 0.300 e. The van der Waals surface area contributed by atoms with Crippen LogP contribution in [0.4, 0.5) is 11.4 Å². The minimum Gasteiger partial charge on any atom is -0.507 e. The molecule has 5 rings (SSSR count). The standard InChI is InChI=1S/C30H30ClN3O4/c1-19-5-4-6-20(17-19)27-26(28(35)24-18-21(31)7-12-25(24)38-3)29(36)30(37)34(27)23-10-8-22(9-11-23)33-15-13-32(2)14-16-33/h4-12,17-18,27,35H,13-16H2,1-3H3/b28-26+. The molecule has 0 bridgehead atoms. The van der Waals surface area contributed by atoms with Gasteiger partial charge in [-0.3, -0.25) is 14.5 Å². The summed E-state index contributed by atoms with van der Waals surface area (Å²) in [5.41, 5.74) is 3.57. The molecule has 196 valence electrons. The Hall–Kier alpha value is -3.81. The quantitative estimate of drug-likeness (QED) is 0.283. The number of ether oxygens (including phenoxy) is 1. The highest BCUT2D eigenvalue weighted by Crippen LogP contribution is 2.44. The zero-order valence-electron chi connectivity index (χ0n) is 21.6. The lowest BCUT2D eigenvalue weighted by atomic mass is 9.94. The Balaban J connectivity index is 1.62. The van der Waals surface area contributed by atoms with E-state index in [1.807, 2.05) is 55.5 Å². The van der Waals surface area contributed by atoms with Crippen LogP contribution in [0.25, 0.3) is 5.76 Å². The number of aliphatic hydroxyl groups is 1. The summed E-state index contributed by atoms with van der Waals surface area (Å²) in [6.07, 6.45) is 0. The van der Waals surface area contributed by atoms with E-state index in [2.05, 4.69) is 16.8 Å². The Morgan fingerprint density at radius 1 is 0.947 bits per heavy atom. The number of methoxy groups -OCH3 is 1. The summed E-state index contributed by atoms with van der Waals surface area (Å²) in [5, 5.41) is 11.8. The monoisotopic (exact) mass is 531 g/mol. The Morgan fingerprint density at radius 3 is 2.29 bits per heavy atom. The van der Waals surface area contributed by atoms with Gasteiger partial charge in [0.15, 0.2) is 0 Å². The molecule has 1 atom stereocenters. The van der Waals surface area contributed by atoms with E-state index in [1.165, 1.54) is 18.1 Å². The van der Waals surface area contributed by atoms with Gasteiger partial charge in [0.05, 0.1) is 24.3 Å². The number of benzene rings is 3. The Morgan fingerprint density at radius 2 is 1.63 bits per heavy atom. The fourth-order valence-electron chi connectivity index (χ4n) is 5.15. The molecule has 0 saturated carbocycles. The number of Topliss-reactive ketones (excluding diaryl/α,β-unsaturated/α-hetero) is 1. The minimum atomic E-state index is -0.826. The van der Waals surface area contributed by atoms with Crippen molar-refractivity contribution in [3.05, 3.63) is 94.0 Å². The number of halogens is 1. The molecule has 0 spiro atoms. The normalized spacial score (nSPS) is 19.7. The SMILES string of the molecule is COc1ccc(Cl)cc1/C(O)=C1\C(=O)C(=O)N(c2ccc(N3CCN(C)CC3)cc2)C1c1cccc(C)c1. The molecule has 3 aromatic carbocycles. The Bertz CT molecular complexity index is 1410. The Labute approximate surface area is 227 Å². The van der Waals surface area contributed by atoms with E-state index in [0.29, 0.717) is 16.5 Å². The van der Waals surface area contributed by atoms with Gasteiger partial charge in [-0.1, -0.05) is 41.4 Å². The van der Waals surface area contributed by atoms with E-state index in [1.54, 1.807) is 12.1 Å². The number of hydrogen-bond acceptors (Lipinski definition) is 6. The van der Waals surface area contributed by atoms with Crippen molar-refractivity contribution in [2.24, 2.45) is 0 Å². The van der Waals surface area contributed by atoms with Gasteiger partial charge >= 0.3 is 0 Å². The van der Waals surface area contributed by atoms with Crippen LogP contribution in [-0.2, 0) is 9.59 Å². The van der Waals surface area contributed by atoms with Gasteiger partial charge in [0.25, 0.3) is 11.7 Å². The fourth-order valence-corrected chi connectivity index (χ4v) is 5.33. The first kappa shape index (κ1) is 25.8. The van der Waals surface area contributed by atoms with Crippen LogP contribution in [0.5, 0.6) is 5.75 Å². The summed E-state index contributed by atoms with van der Waals surface area (Å²) in [6, 6.07) is 19.2. The van der Waals surface area contributed by atoms with Crippen molar-refractivity contribution < 1.29 is 19.4 Å². The number of aryl methyl sites for hydroxylation is 1. The number of nitrogens with zero attached hydrogens (tertiary/aromatic N) is 3. The lowest BCUT2D eigenvalue weighted by Crippen LogP contribution is -2.44. The summed E-state index contributed by atoms with van der Waals surface area (Å²) in [5.74, 6) is -1.45. The molecule has 1 amide bonds. The van der Waals surface area contributed by atoms with Crippen LogP contribution in [0.15, 0.2) is 72.3 Å². The van der Waals surface area contributed by atoms with E-state index in [0.717, 1.165) is 43.0 Å². The summed E-state index contributed by atoms with van der Waals surface area (Å²) in [4.78, 5) is 33.1. The van der Waals surface area contributed by atoms with Crippen LogP contribution in [0, 0.1) is 6.92 Å². The lowest BCUT2D eigenvalue weighted by molar-refractivity contribution is -0.132. The van der Waals surface area contributed by atoms with Crippen LogP contribution in [0.2, 0.25) is 5.02 Å². The van der Waals surface area contributed by atoms with Crippen molar-refractivity contribution in [2.45, 2.75) is 13.0 Å². The zero-order chi connectivity index (χ0) is 27.0. The molecule has 2 heterocycles. The lowest BCUT2D eigenvalue weighted by Gasteiger charge is -2.34. The van der Waals surface area contributed by atoms with Gasteiger partial charge < -0.3 is 19.6 Å². The van der Waals surface area contributed by atoms with E-state index in [9.17, 15) is 14.7 Å². The second-order valence-corrected chi connectivity index (χ2v) is 10.2. The van der Waals surface area contributed by atoms with Crippen LogP contribution in [0.1, 0.15) is 22.7 Å². The number of carbonyl (C=O) groups is 2. The summed E-state index contributed by atoms with van der Waals surface area (Å²) < 4.78 is 5.42. The molecule has 2 fully saturated rings. The number of ketones is 1. The largest absolute Gasteiger partial charge is 0.507 e. The van der Waals surface area contributed by atoms with Gasteiger partial charge in [0.2, 0.25) is 0 Å². The molecule has 3 aromatic rings. The highest BCUT2D eigenvalue weighted by atomic mass is 35.5. The van der Waals surface area contributed by atoms with Gasteiger partial charge in [-0.15, -0.1) is 0 Å². The van der Waals surface area contributed by atoms with Crippen LogP contribution in [-0.4, -0.2) is 62.0 Å². The third-order valence-corrected chi connectivity index (χ3v) is 7.45. The van der Waals surface area contributed by atoms with Gasteiger partial charge in [-0.25, -0.2) is 0 Å². The molecule has 8 heteroatoms. The van der Waals surface area contributed by atoms with Gasteiger partial charge in [0, 0.05) is 42.6 Å². The third kappa shape index (κ3) is 4.75. The number of amides is 1. The summed E-state index contributed by atoms with van der Waals surface area (Å²) in [6.45, 7) is 5.75. The van der Waals surface area contributed by atoms with Crippen LogP contribution >= 0.6 is 11.6 Å². The van der Waals surface area contributed by atoms with E-state index >= 15 is 0 Å². The molecule has 2 aliphatic rings. The minimum absolute atomic E-state index is 0.00990. The molecular formula is C30H30ClN3O4. The number of piperazine rings is 1. The first-order valence-corrected chi connectivity index (χ1v) is 12.9. The first-order chi connectivity index (χ1) is 18.3. The predicted octanol–water partition coefficient (Wildman–Crippen LogP) is 5.04. The van der Waals surface area contributed by atoms with Crippen LogP contribution < -0.4 is 14.5 Å². The van der Waals surface area contributed by atoms with Crippen molar-refractivity contribution in [1.82, 2.24) is 4.90 Å². The van der Waals surface area contributed by atoms with Crippen LogP contribution in [0.3, 0.4) is 0 Å². The first-order valence-electron chi connectivity index (χ1n) is 12.5. The summed E-state index contributed by atoms with van der Waals surface area (Å²) >= 11 is 6.22. The molecule has 0 radical (unpaired) electrons. The number of anilines is 2. The second kappa shape index (κ2) is 10.5. The average molecular weight is 532 g/mol. The average Bonchev–Trinajstić information content (AvgIpc) is 3.19. The Kier molecular flexibility index (Phi) is 7.15. The molecule has 38 heavy (non-hydrogen) atoms. The van der Waals surface area contributed by atoms with Gasteiger partial charge in [-0.05, 0) is 62.0 Å². The fraction of sp³-hybridized carbons (Fsp3) is 0.267. The number of carbonyl (C=O) groups excluding carboxylic acids is 2. The van der Waals surface area contributed by atoms with Crippen molar-refractivity contribution in [3.8, 4) is 5.75 Å². The highest BCUT2D eigenvalue weighted by Gasteiger charge is 2.47. The van der Waals surface area contributed by atoms with Crippen molar-refractivity contribution in [1.29, 1.82) is 0 Å². The summed E-state index contributed by atoms with van der Waals surface area (Å²) in [7, 11) is 3.58. The topological polar surface area (TPSA) is 73.3 Å². The molecule has 0 aliphatic carbocycles. The predicted molar refractivity (Wildman–Crippen MR) is 150 cm³/mol.